The van der Waals surface area contributed by atoms with Gasteiger partial charge in [-0.2, -0.15) is 8.78 Å². The third kappa shape index (κ3) is 2.45. The number of benzene rings is 1. The number of rotatable bonds is 2. The number of alkyl halides is 2. The van der Waals surface area contributed by atoms with Crippen molar-refractivity contribution in [3.05, 3.63) is 16.6 Å². The van der Waals surface area contributed by atoms with Gasteiger partial charge in [-0.3, -0.25) is 0 Å². The zero-order valence-corrected chi connectivity index (χ0v) is 8.01. The molecule has 0 unspecified atom stereocenters. The Morgan fingerprint density at radius 2 is 1.77 bits per heavy atom. The van der Waals surface area contributed by atoms with E-state index in [4.69, 9.17) is 11.5 Å². The Bertz CT molecular complexity index is 320. The van der Waals surface area contributed by atoms with Crippen LogP contribution in [0.5, 0.6) is 5.75 Å². The van der Waals surface area contributed by atoms with Crippen molar-refractivity contribution >= 4 is 27.3 Å². The highest BCUT2D eigenvalue weighted by molar-refractivity contribution is 9.10. The van der Waals surface area contributed by atoms with Crippen molar-refractivity contribution < 1.29 is 13.5 Å². The molecule has 0 saturated heterocycles. The van der Waals surface area contributed by atoms with E-state index in [0.29, 0.717) is 10.2 Å². The number of ether oxygens (including phenoxy) is 1. The molecule has 0 radical (unpaired) electrons. The van der Waals surface area contributed by atoms with Gasteiger partial charge < -0.3 is 16.2 Å². The Morgan fingerprint density at radius 3 is 2.31 bits per heavy atom. The first kappa shape index (κ1) is 10.0. The van der Waals surface area contributed by atoms with Crippen LogP contribution >= 0.6 is 15.9 Å². The second-order valence-electron chi connectivity index (χ2n) is 2.29. The molecule has 0 saturated carbocycles. The lowest BCUT2D eigenvalue weighted by Crippen LogP contribution is -2.04. The molecule has 3 nitrogen and oxygen atoms in total. The van der Waals surface area contributed by atoms with Crippen molar-refractivity contribution in [1.29, 1.82) is 0 Å². The molecule has 0 aliphatic heterocycles. The van der Waals surface area contributed by atoms with Crippen LogP contribution in [-0.4, -0.2) is 6.61 Å². The molecule has 0 fully saturated rings. The van der Waals surface area contributed by atoms with Crippen LogP contribution in [0, 0.1) is 0 Å². The lowest BCUT2D eigenvalue weighted by Gasteiger charge is -2.08. The van der Waals surface area contributed by atoms with Crippen molar-refractivity contribution in [3.8, 4) is 5.75 Å². The lowest BCUT2D eigenvalue weighted by atomic mass is 10.2. The Kier molecular flexibility index (Phi) is 2.92. The monoisotopic (exact) mass is 252 g/mol. The quantitative estimate of drug-likeness (QED) is 0.794. The molecule has 72 valence electrons. The van der Waals surface area contributed by atoms with Gasteiger partial charge in [0, 0.05) is 6.07 Å². The predicted molar refractivity (Wildman–Crippen MR) is 49.6 cm³/mol. The Balaban J connectivity index is 3.01. The molecule has 6 heteroatoms. The third-order valence-electron chi connectivity index (χ3n) is 1.35. The average molecular weight is 253 g/mol. The molecule has 0 spiro atoms. The molecule has 1 rings (SSSR count). The fourth-order valence-corrected chi connectivity index (χ4v) is 1.23. The Hall–Kier alpha value is -1.04. The van der Waals surface area contributed by atoms with Gasteiger partial charge in [-0.25, -0.2) is 0 Å². The zero-order valence-electron chi connectivity index (χ0n) is 6.43. The van der Waals surface area contributed by atoms with Gasteiger partial charge in [0.25, 0.3) is 0 Å². The largest absolute Gasteiger partial charge is 0.434 e. The summed E-state index contributed by atoms with van der Waals surface area (Å²) < 4.78 is 28.1. The summed E-state index contributed by atoms with van der Waals surface area (Å²) in [5, 5.41) is 0. The highest BCUT2D eigenvalue weighted by Crippen LogP contribution is 2.32. The van der Waals surface area contributed by atoms with Crippen molar-refractivity contribution in [2.75, 3.05) is 11.5 Å². The minimum Gasteiger partial charge on any atom is -0.434 e. The maximum absolute atomic E-state index is 11.8. The van der Waals surface area contributed by atoms with Crippen molar-refractivity contribution in [3.63, 3.8) is 0 Å². The number of hydrogen-bond donors (Lipinski definition) is 2. The molecule has 0 aliphatic carbocycles. The van der Waals surface area contributed by atoms with Crippen LogP contribution in [0.25, 0.3) is 0 Å². The maximum Gasteiger partial charge on any atom is 0.387 e. The molecule has 0 amide bonds. The Labute approximate surface area is 81.8 Å². The van der Waals surface area contributed by atoms with Crippen molar-refractivity contribution in [2.24, 2.45) is 0 Å². The third-order valence-corrected chi connectivity index (χ3v) is 1.97. The van der Waals surface area contributed by atoms with Crippen LogP contribution in [0.1, 0.15) is 0 Å². The Morgan fingerprint density at radius 1 is 1.23 bits per heavy atom. The van der Waals surface area contributed by atoms with Crippen LogP contribution in [-0.2, 0) is 0 Å². The molecular weight excluding hydrogens is 246 g/mol. The van der Waals surface area contributed by atoms with E-state index in [2.05, 4.69) is 20.7 Å². The highest BCUT2D eigenvalue weighted by Gasteiger charge is 2.09. The molecule has 0 heterocycles. The first-order valence-corrected chi connectivity index (χ1v) is 4.09. The van der Waals surface area contributed by atoms with E-state index in [-0.39, 0.29) is 11.4 Å². The number of nitrogens with two attached hydrogens (primary N) is 2. The van der Waals surface area contributed by atoms with Crippen molar-refractivity contribution in [1.82, 2.24) is 0 Å². The van der Waals surface area contributed by atoms with Crippen LogP contribution in [0.2, 0.25) is 0 Å². The number of anilines is 2. The molecular formula is C7H7BrF2N2O. The van der Waals surface area contributed by atoms with Gasteiger partial charge in [0.2, 0.25) is 0 Å². The second kappa shape index (κ2) is 3.78. The molecule has 0 atom stereocenters. The van der Waals surface area contributed by atoms with Gasteiger partial charge in [-0.1, -0.05) is 0 Å². The zero-order chi connectivity index (χ0) is 10.0. The predicted octanol–water partition coefficient (Wildman–Crippen LogP) is 2.21. The first-order valence-electron chi connectivity index (χ1n) is 3.30. The summed E-state index contributed by atoms with van der Waals surface area (Å²) in [5.74, 6) is -0.0262. The summed E-state index contributed by atoms with van der Waals surface area (Å²) in [7, 11) is 0. The average Bonchev–Trinajstić information content (AvgIpc) is 1.99. The van der Waals surface area contributed by atoms with E-state index in [0.717, 1.165) is 0 Å². The van der Waals surface area contributed by atoms with E-state index >= 15 is 0 Å². The summed E-state index contributed by atoms with van der Waals surface area (Å²) in [4.78, 5) is 0. The molecule has 0 bridgehead atoms. The van der Waals surface area contributed by atoms with Crippen LogP contribution < -0.4 is 16.2 Å². The summed E-state index contributed by atoms with van der Waals surface area (Å²) >= 11 is 3.02. The summed E-state index contributed by atoms with van der Waals surface area (Å²) in [5.41, 5.74) is 11.3. The fourth-order valence-electron chi connectivity index (χ4n) is 0.771. The van der Waals surface area contributed by atoms with Crippen LogP contribution in [0.3, 0.4) is 0 Å². The highest BCUT2D eigenvalue weighted by atomic mass is 79.9. The van der Waals surface area contributed by atoms with Gasteiger partial charge in [-0.05, 0) is 22.0 Å². The molecule has 0 aromatic heterocycles. The molecule has 4 N–H and O–H groups in total. The second-order valence-corrected chi connectivity index (χ2v) is 3.14. The van der Waals surface area contributed by atoms with Gasteiger partial charge in [0.1, 0.15) is 5.75 Å². The number of halogens is 3. The summed E-state index contributed by atoms with van der Waals surface area (Å²) in [6.45, 7) is -2.88. The van der Waals surface area contributed by atoms with Gasteiger partial charge >= 0.3 is 6.61 Å². The molecule has 1 aromatic carbocycles. The normalized spacial score (nSPS) is 10.5. The molecule has 0 aliphatic rings. The lowest BCUT2D eigenvalue weighted by molar-refractivity contribution is -0.0502. The van der Waals surface area contributed by atoms with Crippen LogP contribution in [0.4, 0.5) is 20.2 Å². The topological polar surface area (TPSA) is 61.3 Å². The molecule has 13 heavy (non-hydrogen) atoms. The first-order chi connectivity index (χ1) is 6.00. The van der Waals surface area contributed by atoms with Crippen molar-refractivity contribution in [2.45, 2.75) is 6.61 Å². The number of nitrogen functional groups attached to an aromatic ring is 2. The van der Waals surface area contributed by atoms with Gasteiger partial charge in [0.05, 0.1) is 15.8 Å². The minimum absolute atomic E-state index is 0.0262. The fraction of sp³-hybridized carbons (Fsp3) is 0.143. The van der Waals surface area contributed by atoms with E-state index in [1.54, 1.807) is 0 Å². The number of hydrogen-bond acceptors (Lipinski definition) is 3. The van der Waals surface area contributed by atoms with E-state index in [1.807, 2.05) is 0 Å². The smallest absolute Gasteiger partial charge is 0.387 e. The molecule has 1 aromatic rings. The van der Waals surface area contributed by atoms with Gasteiger partial charge in [-0.15, -0.1) is 0 Å². The summed E-state index contributed by atoms with van der Waals surface area (Å²) in [6.07, 6.45) is 0. The van der Waals surface area contributed by atoms with E-state index in [1.165, 1.54) is 12.1 Å². The van der Waals surface area contributed by atoms with Gasteiger partial charge in [0.15, 0.2) is 0 Å². The van der Waals surface area contributed by atoms with E-state index < -0.39 is 6.61 Å². The maximum atomic E-state index is 11.8. The standard InChI is InChI=1S/C7H7BrF2N2O/c8-3-1-4(11)5(12)2-6(3)13-7(9)10/h1-2,7H,11-12H2. The summed E-state index contributed by atoms with van der Waals surface area (Å²) in [6, 6.07) is 2.65. The SMILES string of the molecule is Nc1cc(Br)c(OC(F)F)cc1N. The van der Waals surface area contributed by atoms with E-state index in [9.17, 15) is 8.78 Å². The van der Waals surface area contributed by atoms with Crippen LogP contribution in [0.15, 0.2) is 16.6 Å². The minimum atomic E-state index is -2.88.